The molecule has 0 aromatic carbocycles. The Morgan fingerprint density at radius 1 is 1.07 bits per heavy atom. The first kappa shape index (κ1) is 21.1. The van der Waals surface area contributed by atoms with Gasteiger partial charge in [0.2, 0.25) is 11.8 Å². The summed E-state index contributed by atoms with van der Waals surface area (Å²) in [5.74, 6) is 1.44. The van der Waals surface area contributed by atoms with E-state index in [1.807, 2.05) is 16.7 Å². The lowest BCUT2D eigenvalue weighted by Crippen LogP contribution is -2.42. The van der Waals surface area contributed by atoms with Gasteiger partial charge in [-0.05, 0) is 44.4 Å². The molecule has 7 nitrogen and oxygen atoms in total. The van der Waals surface area contributed by atoms with E-state index in [-0.39, 0.29) is 23.4 Å². The number of aromatic amines is 1. The Hall–Kier alpha value is -2.18. The van der Waals surface area contributed by atoms with Gasteiger partial charge in [-0.15, -0.1) is 0 Å². The van der Waals surface area contributed by atoms with Crippen molar-refractivity contribution in [2.75, 3.05) is 13.1 Å². The van der Waals surface area contributed by atoms with E-state index in [1.54, 1.807) is 0 Å². The Morgan fingerprint density at radius 2 is 1.83 bits per heavy atom. The zero-order chi connectivity index (χ0) is 21.1. The number of likely N-dealkylation sites (tertiary alicyclic amines) is 1. The third-order valence-electron chi connectivity index (χ3n) is 6.98. The molecule has 2 amide bonds. The maximum atomic E-state index is 12.9. The third-order valence-corrected chi connectivity index (χ3v) is 6.98. The molecule has 0 radical (unpaired) electrons. The lowest BCUT2D eigenvalue weighted by atomic mass is 9.99. The first-order valence-electron chi connectivity index (χ1n) is 11.8. The number of aromatic nitrogens is 2. The Balaban J connectivity index is 1.50. The Kier molecular flexibility index (Phi) is 6.54. The van der Waals surface area contributed by atoms with Crippen molar-refractivity contribution in [2.24, 2.45) is 5.92 Å². The van der Waals surface area contributed by atoms with E-state index >= 15 is 0 Å². The van der Waals surface area contributed by atoms with E-state index in [4.69, 9.17) is 4.98 Å². The summed E-state index contributed by atoms with van der Waals surface area (Å²) in [4.78, 5) is 49.7. The molecule has 1 N–H and O–H groups in total. The highest BCUT2D eigenvalue weighted by Crippen LogP contribution is 2.31. The summed E-state index contributed by atoms with van der Waals surface area (Å²) in [6.07, 6.45) is 10.2. The van der Waals surface area contributed by atoms with Gasteiger partial charge in [-0.1, -0.05) is 19.8 Å². The van der Waals surface area contributed by atoms with Crippen molar-refractivity contribution in [1.29, 1.82) is 0 Å². The van der Waals surface area contributed by atoms with E-state index in [1.165, 1.54) is 12.8 Å². The Bertz CT molecular complexity index is 843. The van der Waals surface area contributed by atoms with Gasteiger partial charge in [0.15, 0.2) is 0 Å². The van der Waals surface area contributed by atoms with Gasteiger partial charge in [-0.3, -0.25) is 14.4 Å². The highest BCUT2D eigenvalue weighted by molar-refractivity contribution is 5.77. The number of piperidine rings is 1. The molecule has 1 saturated heterocycles. The van der Waals surface area contributed by atoms with Gasteiger partial charge in [0.05, 0.1) is 23.8 Å². The van der Waals surface area contributed by atoms with Gasteiger partial charge in [0, 0.05) is 32.4 Å². The summed E-state index contributed by atoms with van der Waals surface area (Å²) in [5.41, 5.74) is 1.26. The van der Waals surface area contributed by atoms with Crippen LogP contribution in [-0.4, -0.2) is 44.7 Å². The lowest BCUT2D eigenvalue weighted by Gasteiger charge is -2.36. The molecular weight excluding hydrogens is 380 g/mol. The van der Waals surface area contributed by atoms with Crippen molar-refractivity contribution in [3.63, 3.8) is 0 Å². The molecule has 0 unspecified atom stereocenters. The van der Waals surface area contributed by atoms with Crippen LogP contribution in [0.5, 0.6) is 0 Å². The molecule has 3 heterocycles. The van der Waals surface area contributed by atoms with Gasteiger partial charge in [-0.25, -0.2) is 4.98 Å². The summed E-state index contributed by atoms with van der Waals surface area (Å²) in [7, 11) is 0. The van der Waals surface area contributed by atoms with Gasteiger partial charge >= 0.3 is 0 Å². The van der Waals surface area contributed by atoms with Crippen LogP contribution in [0.2, 0.25) is 0 Å². The van der Waals surface area contributed by atoms with E-state index in [9.17, 15) is 14.4 Å². The molecule has 164 valence electrons. The molecule has 2 fully saturated rings. The summed E-state index contributed by atoms with van der Waals surface area (Å²) >= 11 is 0. The average Bonchev–Trinajstić information content (AvgIpc) is 3.26. The molecule has 2 aliphatic heterocycles. The summed E-state index contributed by atoms with van der Waals surface area (Å²) in [6.45, 7) is 3.72. The highest BCUT2D eigenvalue weighted by atomic mass is 16.2. The largest absolute Gasteiger partial charge is 0.338 e. The lowest BCUT2D eigenvalue weighted by molar-refractivity contribution is -0.135. The van der Waals surface area contributed by atoms with E-state index < -0.39 is 0 Å². The zero-order valence-electron chi connectivity index (χ0n) is 18.1. The number of nitrogens with one attached hydrogen (secondary N) is 1. The van der Waals surface area contributed by atoms with Gasteiger partial charge in [0.25, 0.3) is 5.56 Å². The minimum atomic E-state index is -0.151. The molecule has 30 heavy (non-hydrogen) atoms. The molecule has 3 aliphatic rings. The second-order valence-corrected chi connectivity index (χ2v) is 9.15. The SMILES string of the molecule is CCCC(=O)N1CCCC[C@@H]1c1nc2c(c(=O)[nH]1)CN(C(=O)CC1CCCC1)CC2. The minimum absolute atomic E-state index is 0.141. The first-order chi connectivity index (χ1) is 14.6. The van der Waals surface area contributed by atoms with Crippen LogP contribution in [0.15, 0.2) is 4.79 Å². The number of carbonyl (C=O) groups is 2. The zero-order valence-corrected chi connectivity index (χ0v) is 18.1. The monoisotopic (exact) mass is 414 g/mol. The number of amides is 2. The maximum absolute atomic E-state index is 12.9. The Labute approximate surface area is 178 Å². The van der Waals surface area contributed by atoms with Gasteiger partial charge in [-0.2, -0.15) is 0 Å². The molecule has 1 aromatic rings. The number of rotatable bonds is 5. The van der Waals surface area contributed by atoms with E-state index in [0.717, 1.165) is 50.8 Å². The molecule has 1 aromatic heterocycles. The smallest absolute Gasteiger partial charge is 0.256 e. The van der Waals surface area contributed by atoms with Crippen molar-refractivity contribution in [1.82, 2.24) is 19.8 Å². The molecule has 1 atom stereocenters. The van der Waals surface area contributed by atoms with Gasteiger partial charge in [0.1, 0.15) is 5.82 Å². The maximum Gasteiger partial charge on any atom is 0.256 e. The number of hydrogen-bond donors (Lipinski definition) is 1. The molecule has 4 rings (SSSR count). The molecule has 0 bridgehead atoms. The van der Waals surface area contributed by atoms with Crippen molar-refractivity contribution in [3.05, 3.63) is 27.4 Å². The van der Waals surface area contributed by atoms with Crippen LogP contribution in [-0.2, 0) is 22.6 Å². The molecule has 7 heteroatoms. The van der Waals surface area contributed by atoms with E-state index in [2.05, 4.69) is 4.98 Å². The fourth-order valence-corrected chi connectivity index (χ4v) is 5.28. The van der Waals surface area contributed by atoms with Crippen LogP contribution in [0, 0.1) is 5.92 Å². The van der Waals surface area contributed by atoms with Crippen LogP contribution < -0.4 is 5.56 Å². The second kappa shape index (κ2) is 9.31. The number of nitrogens with zero attached hydrogens (tertiary/aromatic N) is 3. The second-order valence-electron chi connectivity index (χ2n) is 9.15. The van der Waals surface area contributed by atoms with Gasteiger partial charge < -0.3 is 14.8 Å². The normalized spacial score (nSPS) is 22.2. The first-order valence-corrected chi connectivity index (χ1v) is 11.8. The Morgan fingerprint density at radius 3 is 2.60 bits per heavy atom. The molecule has 1 saturated carbocycles. The number of fused-ring (bicyclic) bond motifs is 1. The highest BCUT2D eigenvalue weighted by Gasteiger charge is 2.32. The predicted molar refractivity (Wildman–Crippen MR) is 114 cm³/mol. The molecule has 0 spiro atoms. The van der Waals surface area contributed by atoms with Crippen molar-refractivity contribution < 1.29 is 9.59 Å². The topological polar surface area (TPSA) is 86.4 Å². The quantitative estimate of drug-likeness (QED) is 0.802. The number of carbonyl (C=O) groups excluding carboxylic acids is 2. The minimum Gasteiger partial charge on any atom is -0.338 e. The van der Waals surface area contributed by atoms with E-state index in [0.29, 0.717) is 49.7 Å². The van der Waals surface area contributed by atoms with Crippen LogP contribution in [0.25, 0.3) is 0 Å². The third kappa shape index (κ3) is 4.44. The van der Waals surface area contributed by atoms with Crippen LogP contribution in [0.3, 0.4) is 0 Å². The van der Waals surface area contributed by atoms with Crippen molar-refractivity contribution >= 4 is 11.8 Å². The predicted octanol–water partition coefficient (Wildman–Crippen LogP) is 3.09. The van der Waals surface area contributed by atoms with Crippen molar-refractivity contribution in [3.8, 4) is 0 Å². The van der Waals surface area contributed by atoms with Crippen LogP contribution in [0.4, 0.5) is 0 Å². The fourth-order valence-electron chi connectivity index (χ4n) is 5.28. The average molecular weight is 415 g/mol. The molecule has 1 aliphatic carbocycles. The van der Waals surface area contributed by atoms with Crippen molar-refractivity contribution in [2.45, 2.75) is 90.1 Å². The summed E-state index contributed by atoms with van der Waals surface area (Å²) in [6, 6.07) is -0.141. The van der Waals surface area contributed by atoms with Crippen LogP contribution >= 0.6 is 0 Å². The fraction of sp³-hybridized carbons (Fsp3) is 0.739. The number of hydrogen-bond acceptors (Lipinski definition) is 4. The summed E-state index contributed by atoms with van der Waals surface area (Å²) < 4.78 is 0. The molecular formula is C23H34N4O3. The number of H-pyrrole nitrogens is 1. The van der Waals surface area contributed by atoms with Crippen LogP contribution in [0.1, 0.15) is 94.3 Å². The standard InChI is InChI=1S/C23H34N4O3/c1-2-7-20(28)27-12-6-5-10-19(27)22-24-18-11-13-26(15-17(18)23(30)25-22)21(29)14-16-8-3-4-9-16/h16,19H,2-15H2,1H3,(H,24,25,30)/t19-/m1/s1. The summed E-state index contributed by atoms with van der Waals surface area (Å²) in [5, 5.41) is 0.